The van der Waals surface area contributed by atoms with Gasteiger partial charge in [0.15, 0.2) is 0 Å². The first-order valence-corrected chi connectivity index (χ1v) is 8.31. The Bertz CT molecular complexity index is 896. The number of aromatic nitrogens is 3. The van der Waals surface area contributed by atoms with E-state index >= 15 is 0 Å². The summed E-state index contributed by atoms with van der Waals surface area (Å²) in [7, 11) is 0. The van der Waals surface area contributed by atoms with Crippen LogP contribution in [-0.4, -0.2) is 20.7 Å². The molecule has 0 radical (unpaired) electrons. The van der Waals surface area contributed by atoms with Crippen LogP contribution in [0.1, 0.15) is 45.8 Å². The summed E-state index contributed by atoms with van der Waals surface area (Å²) in [4.78, 5) is 16.6. The molecule has 0 saturated carbocycles. The largest absolute Gasteiger partial charge is 0.345 e. The maximum absolute atomic E-state index is 12.4. The maximum Gasteiger partial charge on any atom is 0.253 e. The van der Waals surface area contributed by atoms with Crippen molar-refractivity contribution in [2.75, 3.05) is 0 Å². The zero-order valence-corrected chi connectivity index (χ0v) is 14.9. The summed E-state index contributed by atoms with van der Waals surface area (Å²) in [5.41, 5.74) is 5.66. The molecule has 2 aromatic heterocycles. The molecule has 0 fully saturated rings. The molecule has 5 heteroatoms. The van der Waals surface area contributed by atoms with Gasteiger partial charge in [-0.2, -0.15) is 5.10 Å². The van der Waals surface area contributed by atoms with Crippen molar-refractivity contribution in [2.24, 2.45) is 0 Å². The van der Waals surface area contributed by atoms with Gasteiger partial charge in [-0.25, -0.2) is 4.68 Å². The van der Waals surface area contributed by atoms with Gasteiger partial charge in [-0.3, -0.25) is 9.78 Å². The van der Waals surface area contributed by atoms with Crippen molar-refractivity contribution in [3.63, 3.8) is 0 Å². The molecule has 1 atom stereocenters. The van der Waals surface area contributed by atoms with Crippen molar-refractivity contribution in [1.82, 2.24) is 20.1 Å². The van der Waals surface area contributed by atoms with E-state index in [4.69, 9.17) is 0 Å². The molecule has 1 aromatic carbocycles. The second-order valence-electron chi connectivity index (χ2n) is 6.27. The quantitative estimate of drug-likeness (QED) is 0.792. The fourth-order valence-electron chi connectivity index (χ4n) is 2.85. The Balaban J connectivity index is 1.81. The van der Waals surface area contributed by atoms with Crippen molar-refractivity contribution in [3.8, 4) is 5.69 Å². The van der Waals surface area contributed by atoms with Gasteiger partial charge in [-0.1, -0.05) is 18.2 Å². The number of carbonyl (C=O) groups is 1. The summed E-state index contributed by atoms with van der Waals surface area (Å²) in [5, 5.41) is 7.53. The van der Waals surface area contributed by atoms with Gasteiger partial charge in [0.1, 0.15) is 0 Å². The SMILES string of the molecule is Cc1ccc(C(=O)NC(C)c2cnn(-c3ccccc3C)c2C)cn1. The summed E-state index contributed by atoms with van der Waals surface area (Å²) < 4.78 is 1.92. The fraction of sp³-hybridized carbons (Fsp3) is 0.250. The lowest BCUT2D eigenvalue weighted by atomic mass is 10.1. The molecule has 0 aliphatic rings. The molecule has 5 nitrogen and oxygen atoms in total. The number of nitrogens with zero attached hydrogens (tertiary/aromatic N) is 3. The van der Waals surface area contributed by atoms with E-state index in [1.54, 1.807) is 12.3 Å². The molecule has 3 aromatic rings. The predicted molar refractivity (Wildman–Crippen MR) is 97.9 cm³/mol. The molecule has 1 amide bonds. The summed E-state index contributed by atoms with van der Waals surface area (Å²) in [6.07, 6.45) is 3.42. The summed E-state index contributed by atoms with van der Waals surface area (Å²) in [6, 6.07) is 11.6. The topological polar surface area (TPSA) is 59.8 Å². The van der Waals surface area contributed by atoms with Crippen LogP contribution in [0.4, 0.5) is 0 Å². The number of nitrogens with one attached hydrogen (secondary N) is 1. The Morgan fingerprint density at radius 1 is 1.08 bits per heavy atom. The number of rotatable bonds is 4. The third kappa shape index (κ3) is 3.45. The van der Waals surface area contributed by atoms with E-state index in [1.165, 1.54) is 0 Å². The van der Waals surface area contributed by atoms with Crippen LogP contribution in [0.15, 0.2) is 48.8 Å². The van der Waals surface area contributed by atoms with Crippen LogP contribution in [0.5, 0.6) is 0 Å². The molecular weight excluding hydrogens is 312 g/mol. The van der Waals surface area contributed by atoms with Crippen molar-refractivity contribution >= 4 is 5.91 Å². The zero-order chi connectivity index (χ0) is 18.0. The number of aryl methyl sites for hydroxylation is 2. The number of hydrogen-bond donors (Lipinski definition) is 1. The lowest BCUT2D eigenvalue weighted by Gasteiger charge is -2.14. The van der Waals surface area contributed by atoms with Crippen LogP contribution < -0.4 is 5.32 Å². The van der Waals surface area contributed by atoms with Crippen molar-refractivity contribution in [1.29, 1.82) is 0 Å². The highest BCUT2D eigenvalue weighted by Crippen LogP contribution is 2.22. The predicted octanol–water partition coefficient (Wildman–Crippen LogP) is 3.68. The van der Waals surface area contributed by atoms with Gasteiger partial charge >= 0.3 is 0 Å². The molecular formula is C20H22N4O. The molecule has 128 valence electrons. The average Bonchev–Trinajstić information content (AvgIpc) is 2.97. The molecule has 0 saturated heterocycles. The van der Waals surface area contributed by atoms with E-state index in [2.05, 4.69) is 28.4 Å². The maximum atomic E-state index is 12.4. The molecule has 0 aliphatic carbocycles. The van der Waals surface area contributed by atoms with Crippen LogP contribution in [0, 0.1) is 20.8 Å². The van der Waals surface area contributed by atoms with E-state index in [0.29, 0.717) is 5.56 Å². The number of benzene rings is 1. The Morgan fingerprint density at radius 3 is 2.52 bits per heavy atom. The Labute approximate surface area is 147 Å². The van der Waals surface area contributed by atoms with Crippen LogP contribution in [0.2, 0.25) is 0 Å². The summed E-state index contributed by atoms with van der Waals surface area (Å²) in [5.74, 6) is -0.136. The van der Waals surface area contributed by atoms with Gasteiger partial charge in [0, 0.05) is 23.1 Å². The average molecular weight is 334 g/mol. The molecule has 1 N–H and O–H groups in total. The van der Waals surface area contributed by atoms with Crippen LogP contribution in [0.25, 0.3) is 5.69 Å². The highest BCUT2D eigenvalue weighted by atomic mass is 16.1. The number of para-hydroxylation sites is 1. The Morgan fingerprint density at radius 2 is 1.84 bits per heavy atom. The highest BCUT2D eigenvalue weighted by molar-refractivity contribution is 5.94. The van der Waals surface area contributed by atoms with Crippen molar-refractivity contribution in [3.05, 3.63) is 76.9 Å². The first-order valence-electron chi connectivity index (χ1n) is 8.31. The lowest BCUT2D eigenvalue weighted by Crippen LogP contribution is -2.27. The standard InChI is InChI=1S/C20H22N4O/c1-13-7-5-6-8-19(13)24-16(4)18(12-22-24)15(3)23-20(25)17-10-9-14(2)21-11-17/h5-12,15H,1-4H3,(H,23,25). The third-order valence-corrected chi connectivity index (χ3v) is 4.38. The molecule has 0 spiro atoms. The third-order valence-electron chi connectivity index (χ3n) is 4.38. The summed E-state index contributed by atoms with van der Waals surface area (Å²) >= 11 is 0. The first-order chi connectivity index (χ1) is 12.0. The van der Waals surface area contributed by atoms with E-state index < -0.39 is 0 Å². The van der Waals surface area contributed by atoms with Crippen LogP contribution in [-0.2, 0) is 0 Å². The van der Waals surface area contributed by atoms with E-state index in [9.17, 15) is 4.79 Å². The van der Waals surface area contributed by atoms with E-state index in [0.717, 1.165) is 28.2 Å². The number of pyridine rings is 1. The Kier molecular flexibility index (Phi) is 4.65. The minimum atomic E-state index is -0.147. The lowest BCUT2D eigenvalue weighted by molar-refractivity contribution is 0.0939. The fourth-order valence-corrected chi connectivity index (χ4v) is 2.85. The molecule has 25 heavy (non-hydrogen) atoms. The molecule has 3 rings (SSSR count). The van der Waals surface area contributed by atoms with Gasteiger partial charge in [0.25, 0.3) is 5.91 Å². The Hall–Kier alpha value is -2.95. The van der Waals surface area contributed by atoms with Crippen LogP contribution >= 0.6 is 0 Å². The van der Waals surface area contributed by atoms with Crippen LogP contribution in [0.3, 0.4) is 0 Å². The molecule has 2 heterocycles. The van der Waals surface area contributed by atoms with Gasteiger partial charge in [-0.05, 0) is 51.5 Å². The highest BCUT2D eigenvalue weighted by Gasteiger charge is 2.17. The van der Waals surface area contributed by atoms with Gasteiger partial charge in [-0.15, -0.1) is 0 Å². The number of carbonyl (C=O) groups excluding carboxylic acids is 1. The van der Waals surface area contributed by atoms with E-state index in [-0.39, 0.29) is 11.9 Å². The molecule has 1 unspecified atom stereocenters. The molecule has 0 bridgehead atoms. The minimum Gasteiger partial charge on any atom is -0.345 e. The number of amides is 1. The molecule has 0 aliphatic heterocycles. The van der Waals surface area contributed by atoms with E-state index in [1.807, 2.05) is 55.9 Å². The van der Waals surface area contributed by atoms with Crippen molar-refractivity contribution in [2.45, 2.75) is 33.7 Å². The number of hydrogen-bond acceptors (Lipinski definition) is 3. The summed E-state index contributed by atoms with van der Waals surface area (Å²) in [6.45, 7) is 7.94. The normalized spacial score (nSPS) is 12.0. The first kappa shape index (κ1) is 16.9. The van der Waals surface area contributed by atoms with Gasteiger partial charge in [0.05, 0.1) is 23.5 Å². The smallest absolute Gasteiger partial charge is 0.253 e. The minimum absolute atomic E-state index is 0.136. The zero-order valence-electron chi connectivity index (χ0n) is 14.9. The van der Waals surface area contributed by atoms with Gasteiger partial charge < -0.3 is 5.32 Å². The van der Waals surface area contributed by atoms with Crippen molar-refractivity contribution < 1.29 is 4.79 Å². The second kappa shape index (κ2) is 6.89. The van der Waals surface area contributed by atoms with Gasteiger partial charge in [0.2, 0.25) is 0 Å². The monoisotopic (exact) mass is 334 g/mol. The second-order valence-corrected chi connectivity index (χ2v) is 6.27.